The summed E-state index contributed by atoms with van der Waals surface area (Å²) in [4.78, 5) is 37.9. The summed E-state index contributed by atoms with van der Waals surface area (Å²) in [5.74, 6) is -0.0653. The highest BCUT2D eigenvalue weighted by Crippen LogP contribution is 2.17. The van der Waals surface area contributed by atoms with Crippen molar-refractivity contribution in [2.45, 2.75) is 297 Å². The van der Waals surface area contributed by atoms with E-state index in [0.29, 0.717) is 19.3 Å². The first kappa shape index (κ1) is 56.4. The molecule has 0 fully saturated rings. The third-order valence-electron chi connectivity index (χ3n) is 11.8. The van der Waals surface area contributed by atoms with E-state index in [1.807, 2.05) is 0 Å². The molecule has 0 N–H and O–H groups in total. The molecule has 0 spiro atoms. The van der Waals surface area contributed by atoms with Crippen LogP contribution in [0, 0.1) is 5.92 Å². The lowest BCUT2D eigenvalue weighted by Crippen LogP contribution is -2.30. The van der Waals surface area contributed by atoms with E-state index in [4.69, 9.17) is 14.2 Å². The van der Waals surface area contributed by atoms with Gasteiger partial charge in [-0.1, -0.05) is 252 Å². The Hall–Kier alpha value is -1.59. The summed E-state index contributed by atoms with van der Waals surface area (Å²) in [6.07, 6.45) is 48.1. The molecule has 0 heterocycles. The zero-order chi connectivity index (χ0) is 42.4. The van der Waals surface area contributed by atoms with Gasteiger partial charge in [-0.15, -0.1) is 0 Å². The van der Waals surface area contributed by atoms with Gasteiger partial charge in [-0.05, 0) is 25.2 Å². The Balaban J connectivity index is 4.29. The summed E-state index contributed by atoms with van der Waals surface area (Å²) in [5.41, 5.74) is 0. The Morgan fingerprint density at radius 2 is 0.569 bits per heavy atom. The number of hydrogen-bond acceptors (Lipinski definition) is 6. The molecule has 0 radical (unpaired) electrons. The van der Waals surface area contributed by atoms with Gasteiger partial charge in [0, 0.05) is 19.3 Å². The fourth-order valence-corrected chi connectivity index (χ4v) is 7.86. The van der Waals surface area contributed by atoms with Crippen LogP contribution in [-0.2, 0) is 28.6 Å². The molecule has 0 aromatic heterocycles. The molecule has 0 aromatic rings. The van der Waals surface area contributed by atoms with Gasteiger partial charge in [0.05, 0.1) is 0 Å². The minimum absolute atomic E-state index is 0.0632. The maximum Gasteiger partial charge on any atom is 0.306 e. The highest BCUT2D eigenvalue weighted by Gasteiger charge is 2.19. The van der Waals surface area contributed by atoms with E-state index < -0.39 is 6.10 Å². The molecule has 0 rings (SSSR count). The third-order valence-corrected chi connectivity index (χ3v) is 11.8. The normalized spacial score (nSPS) is 11.9. The van der Waals surface area contributed by atoms with E-state index in [0.717, 1.165) is 63.7 Å². The number of rotatable bonds is 47. The van der Waals surface area contributed by atoms with Crippen molar-refractivity contribution in [3.63, 3.8) is 0 Å². The zero-order valence-corrected chi connectivity index (χ0v) is 39.5. The highest BCUT2D eigenvalue weighted by atomic mass is 16.6. The predicted octanol–water partition coefficient (Wildman–Crippen LogP) is 16.7. The monoisotopic (exact) mass is 821 g/mol. The molecule has 1 atom stereocenters. The second-order valence-electron chi connectivity index (χ2n) is 18.3. The highest BCUT2D eigenvalue weighted by molar-refractivity contribution is 5.71. The third kappa shape index (κ3) is 45.5. The Kier molecular flexibility index (Phi) is 45.2. The first-order valence-corrected chi connectivity index (χ1v) is 25.9. The summed E-state index contributed by atoms with van der Waals surface area (Å²) in [6.45, 7) is 8.98. The van der Waals surface area contributed by atoms with Gasteiger partial charge in [0.1, 0.15) is 13.2 Å². The molecule has 6 heteroatoms. The Morgan fingerprint density at radius 1 is 0.328 bits per heavy atom. The van der Waals surface area contributed by atoms with Crippen LogP contribution >= 0.6 is 0 Å². The molecule has 0 bridgehead atoms. The summed E-state index contributed by atoms with van der Waals surface area (Å²) >= 11 is 0. The number of esters is 3. The van der Waals surface area contributed by atoms with Crippen molar-refractivity contribution in [1.82, 2.24) is 0 Å². The molecule has 6 nitrogen and oxygen atoms in total. The van der Waals surface area contributed by atoms with E-state index >= 15 is 0 Å². The Morgan fingerprint density at radius 3 is 0.845 bits per heavy atom. The van der Waals surface area contributed by atoms with Crippen LogP contribution in [0.15, 0.2) is 0 Å². The van der Waals surface area contributed by atoms with Gasteiger partial charge in [-0.25, -0.2) is 0 Å². The molecule has 0 aliphatic rings. The van der Waals surface area contributed by atoms with Crippen molar-refractivity contribution >= 4 is 17.9 Å². The van der Waals surface area contributed by atoms with Crippen LogP contribution in [0.4, 0.5) is 0 Å². The second-order valence-corrected chi connectivity index (χ2v) is 18.3. The average Bonchev–Trinajstić information content (AvgIpc) is 3.21. The molecule has 0 unspecified atom stereocenters. The topological polar surface area (TPSA) is 78.9 Å². The molecule has 344 valence electrons. The van der Waals surface area contributed by atoms with E-state index in [9.17, 15) is 14.4 Å². The molecule has 0 aliphatic carbocycles. The molecule has 0 saturated carbocycles. The average molecular weight is 821 g/mol. The van der Waals surface area contributed by atoms with Gasteiger partial charge in [0.2, 0.25) is 0 Å². The van der Waals surface area contributed by atoms with Gasteiger partial charge in [0.15, 0.2) is 6.10 Å². The first-order chi connectivity index (χ1) is 28.4. The second kappa shape index (κ2) is 46.5. The molecule has 0 aliphatic heterocycles. The van der Waals surface area contributed by atoms with Crippen LogP contribution in [0.5, 0.6) is 0 Å². The van der Waals surface area contributed by atoms with Crippen molar-refractivity contribution in [3.05, 3.63) is 0 Å². The van der Waals surface area contributed by atoms with Crippen molar-refractivity contribution in [2.24, 2.45) is 5.92 Å². The molecular formula is C52H100O6. The lowest BCUT2D eigenvalue weighted by atomic mass is 10.0. The van der Waals surface area contributed by atoms with Crippen molar-refractivity contribution in [3.8, 4) is 0 Å². The van der Waals surface area contributed by atoms with Gasteiger partial charge >= 0.3 is 17.9 Å². The van der Waals surface area contributed by atoms with Gasteiger partial charge in [0.25, 0.3) is 0 Å². The van der Waals surface area contributed by atoms with Gasteiger partial charge in [-0.3, -0.25) is 14.4 Å². The molecule has 58 heavy (non-hydrogen) atoms. The van der Waals surface area contributed by atoms with Crippen LogP contribution in [0.25, 0.3) is 0 Å². The molecule has 0 amide bonds. The van der Waals surface area contributed by atoms with E-state index in [1.165, 1.54) is 186 Å². The summed E-state index contributed by atoms with van der Waals surface area (Å²) < 4.78 is 16.8. The zero-order valence-electron chi connectivity index (χ0n) is 39.5. The Labute approximate surface area is 361 Å². The van der Waals surface area contributed by atoms with Gasteiger partial charge in [-0.2, -0.15) is 0 Å². The Bertz CT molecular complexity index is 872. The fraction of sp³-hybridized carbons (Fsp3) is 0.942. The summed E-state index contributed by atoms with van der Waals surface area (Å²) in [6, 6.07) is 0. The first-order valence-electron chi connectivity index (χ1n) is 25.9. The van der Waals surface area contributed by atoms with E-state index in [1.54, 1.807) is 0 Å². The quantitative estimate of drug-likeness (QED) is 0.0346. The van der Waals surface area contributed by atoms with Gasteiger partial charge < -0.3 is 14.2 Å². The lowest BCUT2D eigenvalue weighted by Gasteiger charge is -2.18. The van der Waals surface area contributed by atoms with Crippen molar-refractivity contribution in [2.75, 3.05) is 13.2 Å². The minimum atomic E-state index is -0.761. The minimum Gasteiger partial charge on any atom is -0.462 e. The predicted molar refractivity (Wildman–Crippen MR) is 247 cm³/mol. The smallest absolute Gasteiger partial charge is 0.306 e. The SMILES string of the molecule is CCCCCCCCCCCCCCCCCC(=O)OC[C@@H](COC(=O)CCCCCCCCCC(C)C)OC(=O)CCCCCCCCCCCCCCCCC. The lowest BCUT2D eigenvalue weighted by molar-refractivity contribution is -0.167. The van der Waals surface area contributed by atoms with Crippen molar-refractivity contribution < 1.29 is 28.6 Å². The number of unbranched alkanes of at least 4 members (excludes halogenated alkanes) is 34. The van der Waals surface area contributed by atoms with E-state index in [2.05, 4.69) is 27.7 Å². The standard InChI is InChI=1S/C52H100O6/c1-5-7-9-11-13-15-17-19-21-23-25-27-31-35-39-43-50(53)56-46-49(47-57-51(54)44-40-36-33-29-30-34-38-42-48(3)4)58-52(55)45-41-37-32-28-26-24-22-20-18-16-14-12-10-8-6-2/h48-49H,5-47H2,1-4H3/t49-/m0/s1. The number of carbonyl (C=O) groups is 3. The van der Waals surface area contributed by atoms with Crippen LogP contribution in [0.3, 0.4) is 0 Å². The number of hydrogen-bond donors (Lipinski definition) is 0. The maximum absolute atomic E-state index is 12.8. The number of ether oxygens (including phenoxy) is 3. The summed E-state index contributed by atoms with van der Waals surface area (Å²) in [5, 5.41) is 0. The summed E-state index contributed by atoms with van der Waals surface area (Å²) in [7, 11) is 0. The van der Waals surface area contributed by atoms with Crippen molar-refractivity contribution in [1.29, 1.82) is 0 Å². The van der Waals surface area contributed by atoms with Crippen LogP contribution in [0.2, 0.25) is 0 Å². The van der Waals surface area contributed by atoms with Crippen LogP contribution in [-0.4, -0.2) is 37.2 Å². The van der Waals surface area contributed by atoms with Crippen LogP contribution < -0.4 is 0 Å². The maximum atomic E-state index is 12.8. The van der Waals surface area contributed by atoms with Crippen LogP contribution in [0.1, 0.15) is 291 Å². The largest absolute Gasteiger partial charge is 0.462 e. The molecular weight excluding hydrogens is 721 g/mol. The number of carbonyl (C=O) groups excluding carboxylic acids is 3. The van der Waals surface area contributed by atoms with E-state index in [-0.39, 0.29) is 31.1 Å². The molecule has 0 aromatic carbocycles. The fourth-order valence-electron chi connectivity index (χ4n) is 7.86. The molecule has 0 saturated heterocycles.